The lowest BCUT2D eigenvalue weighted by molar-refractivity contribution is -0.117. The molecule has 0 radical (unpaired) electrons. The molecule has 0 saturated heterocycles. The van der Waals surface area contributed by atoms with E-state index in [1.54, 1.807) is 12.3 Å². The van der Waals surface area contributed by atoms with Gasteiger partial charge in [-0.15, -0.1) is 0 Å². The Hall–Kier alpha value is -2.95. The van der Waals surface area contributed by atoms with Gasteiger partial charge in [0, 0.05) is 28.8 Å². The summed E-state index contributed by atoms with van der Waals surface area (Å²) in [6.45, 7) is 1.91. The second-order valence-corrected chi connectivity index (χ2v) is 6.22. The first kappa shape index (κ1) is 14.6. The van der Waals surface area contributed by atoms with Crippen LogP contribution in [0.4, 0.5) is 5.82 Å². The van der Waals surface area contributed by atoms with Crippen LogP contribution < -0.4 is 5.32 Å². The van der Waals surface area contributed by atoms with Crippen LogP contribution in [0.25, 0.3) is 21.9 Å². The second kappa shape index (κ2) is 5.60. The molecular formula is C19H17N3O2. The fraction of sp³-hybridized carbons (Fsp3) is 0.211. The van der Waals surface area contributed by atoms with Crippen molar-refractivity contribution in [3.63, 3.8) is 0 Å². The third kappa shape index (κ3) is 2.80. The minimum Gasteiger partial charge on any atom is -0.506 e. The monoisotopic (exact) mass is 319 g/mol. The van der Waals surface area contributed by atoms with E-state index in [4.69, 9.17) is 0 Å². The molecule has 2 N–H and O–H groups in total. The summed E-state index contributed by atoms with van der Waals surface area (Å²) in [6, 6.07) is 9.58. The lowest BCUT2D eigenvalue weighted by atomic mass is 10.0. The van der Waals surface area contributed by atoms with Crippen molar-refractivity contribution in [3.05, 3.63) is 48.4 Å². The molecule has 0 bridgehead atoms. The van der Waals surface area contributed by atoms with Crippen molar-refractivity contribution in [1.29, 1.82) is 0 Å². The van der Waals surface area contributed by atoms with Gasteiger partial charge in [-0.25, -0.2) is 4.98 Å². The molecule has 0 spiro atoms. The Labute approximate surface area is 139 Å². The molecule has 4 rings (SSSR count). The van der Waals surface area contributed by atoms with Crippen LogP contribution in [0.5, 0.6) is 5.75 Å². The smallest absolute Gasteiger partial charge is 0.228 e. The molecule has 0 atom stereocenters. The Kier molecular flexibility index (Phi) is 3.41. The van der Waals surface area contributed by atoms with E-state index in [1.807, 2.05) is 31.2 Å². The van der Waals surface area contributed by atoms with Crippen molar-refractivity contribution in [1.82, 2.24) is 9.97 Å². The number of aromatic hydroxyl groups is 1. The molecule has 5 nitrogen and oxygen atoms in total. The zero-order valence-corrected chi connectivity index (χ0v) is 13.3. The fourth-order valence-corrected chi connectivity index (χ4v) is 2.77. The Morgan fingerprint density at radius 1 is 1.12 bits per heavy atom. The first-order valence-corrected chi connectivity index (χ1v) is 7.97. The number of fused-ring (bicyclic) bond motifs is 1. The predicted octanol–water partition coefficient (Wildman–Crippen LogP) is 3.66. The number of carbonyl (C=O) groups is 1. The van der Waals surface area contributed by atoms with Crippen LogP contribution in [-0.4, -0.2) is 21.0 Å². The maximum absolute atomic E-state index is 11.8. The summed E-state index contributed by atoms with van der Waals surface area (Å²) in [5.41, 5.74) is 2.72. The van der Waals surface area contributed by atoms with Gasteiger partial charge in [0.1, 0.15) is 11.6 Å². The number of amides is 1. The number of carbonyl (C=O) groups excluding carboxylic acids is 1. The van der Waals surface area contributed by atoms with Crippen molar-refractivity contribution in [2.24, 2.45) is 5.92 Å². The fourth-order valence-electron chi connectivity index (χ4n) is 2.77. The van der Waals surface area contributed by atoms with Crippen molar-refractivity contribution < 1.29 is 9.90 Å². The SMILES string of the molecule is Cc1ncc(O)cc1-c1ccc2cc(NC(=O)C3CC3)ncc2c1. The summed E-state index contributed by atoms with van der Waals surface area (Å²) < 4.78 is 0. The molecule has 2 heterocycles. The second-order valence-electron chi connectivity index (χ2n) is 6.22. The highest BCUT2D eigenvalue weighted by Gasteiger charge is 2.29. The molecule has 1 aliphatic carbocycles. The number of aromatic nitrogens is 2. The van der Waals surface area contributed by atoms with Gasteiger partial charge in [0.25, 0.3) is 0 Å². The summed E-state index contributed by atoms with van der Waals surface area (Å²) in [4.78, 5) is 20.4. The molecule has 120 valence electrons. The Balaban J connectivity index is 1.68. The molecule has 5 heteroatoms. The maximum Gasteiger partial charge on any atom is 0.228 e. The number of rotatable bonds is 3. The molecule has 1 aromatic carbocycles. The van der Waals surface area contributed by atoms with E-state index in [2.05, 4.69) is 15.3 Å². The van der Waals surface area contributed by atoms with E-state index in [-0.39, 0.29) is 17.6 Å². The Morgan fingerprint density at radius 3 is 2.75 bits per heavy atom. The summed E-state index contributed by atoms with van der Waals surface area (Å²) in [5, 5.41) is 14.5. The molecule has 1 saturated carbocycles. The van der Waals surface area contributed by atoms with Crippen LogP contribution in [0.1, 0.15) is 18.5 Å². The summed E-state index contributed by atoms with van der Waals surface area (Å²) in [6.07, 6.45) is 5.14. The molecule has 1 aliphatic rings. The molecule has 1 amide bonds. The zero-order chi connectivity index (χ0) is 16.7. The van der Waals surface area contributed by atoms with Gasteiger partial charge in [-0.1, -0.05) is 12.1 Å². The topological polar surface area (TPSA) is 75.1 Å². The van der Waals surface area contributed by atoms with Gasteiger partial charge in [0.05, 0.1) is 6.20 Å². The molecule has 2 aromatic heterocycles. The van der Waals surface area contributed by atoms with Crippen molar-refractivity contribution >= 4 is 22.5 Å². The molecular weight excluding hydrogens is 302 g/mol. The van der Waals surface area contributed by atoms with Crippen LogP contribution in [0.15, 0.2) is 42.7 Å². The van der Waals surface area contributed by atoms with Gasteiger partial charge in [-0.3, -0.25) is 9.78 Å². The number of anilines is 1. The molecule has 3 aromatic rings. The first-order chi connectivity index (χ1) is 11.6. The van der Waals surface area contributed by atoms with Crippen LogP contribution in [0.2, 0.25) is 0 Å². The minimum atomic E-state index is 0.0555. The largest absolute Gasteiger partial charge is 0.506 e. The highest BCUT2D eigenvalue weighted by Crippen LogP contribution is 2.31. The van der Waals surface area contributed by atoms with Gasteiger partial charge in [-0.2, -0.15) is 0 Å². The standard InChI is InChI=1S/C19H17N3O2/c1-11-17(8-16(23)10-20-11)14-5-4-13-7-18(21-9-15(13)6-14)22-19(24)12-2-3-12/h4-10,12,23H,2-3H2,1H3,(H,21,22,24). The summed E-state index contributed by atoms with van der Waals surface area (Å²) >= 11 is 0. The van der Waals surface area contributed by atoms with Gasteiger partial charge in [0.15, 0.2) is 0 Å². The van der Waals surface area contributed by atoms with E-state index < -0.39 is 0 Å². The Morgan fingerprint density at radius 2 is 1.96 bits per heavy atom. The van der Waals surface area contributed by atoms with Crippen LogP contribution in [0, 0.1) is 12.8 Å². The normalized spacial score (nSPS) is 13.9. The molecule has 0 unspecified atom stereocenters. The average molecular weight is 319 g/mol. The van der Waals surface area contributed by atoms with E-state index in [9.17, 15) is 9.90 Å². The third-order valence-corrected chi connectivity index (χ3v) is 4.30. The van der Waals surface area contributed by atoms with Crippen LogP contribution >= 0.6 is 0 Å². The quantitative estimate of drug-likeness (QED) is 0.772. The minimum absolute atomic E-state index is 0.0555. The van der Waals surface area contributed by atoms with E-state index in [1.165, 1.54) is 6.20 Å². The number of hydrogen-bond acceptors (Lipinski definition) is 4. The van der Waals surface area contributed by atoms with Crippen LogP contribution in [-0.2, 0) is 4.79 Å². The van der Waals surface area contributed by atoms with Crippen molar-refractivity contribution in [3.8, 4) is 16.9 Å². The number of nitrogens with zero attached hydrogens (tertiary/aromatic N) is 2. The van der Waals surface area contributed by atoms with Gasteiger partial charge in [0.2, 0.25) is 5.91 Å². The van der Waals surface area contributed by atoms with E-state index >= 15 is 0 Å². The highest BCUT2D eigenvalue weighted by molar-refractivity contribution is 5.96. The van der Waals surface area contributed by atoms with Gasteiger partial charge < -0.3 is 10.4 Å². The predicted molar refractivity (Wildman–Crippen MR) is 92.7 cm³/mol. The highest BCUT2D eigenvalue weighted by atomic mass is 16.3. The number of hydrogen-bond donors (Lipinski definition) is 2. The van der Waals surface area contributed by atoms with Crippen molar-refractivity contribution in [2.45, 2.75) is 19.8 Å². The Bertz CT molecular complexity index is 948. The maximum atomic E-state index is 11.8. The van der Waals surface area contributed by atoms with Crippen molar-refractivity contribution in [2.75, 3.05) is 5.32 Å². The first-order valence-electron chi connectivity index (χ1n) is 7.97. The summed E-state index contributed by atoms with van der Waals surface area (Å²) in [5.74, 6) is 0.945. The van der Waals surface area contributed by atoms with E-state index in [0.717, 1.165) is 40.4 Å². The number of aryl methyl sites for hydroxylation is 1. The number of pyridine rings is 2. The third-order valence-electron chi connectivity index (χ3n) is 4.30. The molecule has 0 aliphatic heterocycles. The molecule has 1 fully saturated rings. The van der Waals surface area contributed by atoms with Gasteiger partial charge in [-0.05, 0) is 48.9 Å². The number of nitrogens with one attached hydrogen (secondary N) is 1. The number of benzene rings is 1. The molecule has 24 heavy (non-hydrogen) atoms. The lowest BCUT2D eigenvalue weighted by Gasteiger charge is -2.09. The van der Waals surface area contributed by atoms with E-state index in [0.29, 0.717) is 5.82 Å². The average Bonchev–Trinajstić information content (AvgIpc) is 3.42. The zero-order valence-electron chi connectivity index (χ0n) is 13.3. The van der Waals surface area contributed by atoms with Gasteiger partial charge >= 0.3 is 0 Å². The summed E-state index contributed by atoms with van der Waals surface area (Å²) in [7, 11) is 0. The lowest BCUT2D eigenvalue weighted by Crippen LogP contribution is -2.14. The van der Waals surface area contributed by atoms with Crippen LogP contribution in [0.3, 0.4) is 0 Å².